The van der Waals surface area contributed by atoms with Gasteiger partial charge in [0.25, 0.3) is 0 Å². The van der Waals surface area contributed by atoms with E-state index in [2.05, 4.69) is 15.3 Å². The molecule has 20 heavy (non-hydrogen) atoms. The maximum Gasteiger partial charge on any atom is 0.182 e. The molecule has 0 saturated carbocycles. The first-order chi connectivity index (χ1) is 9.36. The Morgan fingerprint density at radius 3 is 2.45 bits per heavy atom. The molecule has 0 saturated heterocycles. The molecule has 0 unspecified atom stereocenters. The molecule has 2 aromatic rings. The average Bonchev–Trinajstić information content (AvgIpc) is 2.34. The average molecular weight is 282 g/mol. The summed E-state index contributed by atoms with van der Waals surface area (Å²) < 4.78 is 39.8. The maximum absolute atomic E-state index is 13.5. The Hall–Kier alpha value is -2.31. The molecule has 0 amide bonds. The predicted molar refractivity (Wildman–Crippen MR) is 70.1 cm³/mol. The van der Waals surface area contributed by atoms with Crippen LogP contribution in [0.15, 0.2) is 18.2 Å². The van der Waals surface area contributed by atoms with Gasteiger partial charge in [0.15, 0.2) is 11.6 Å². The Bertz CT molecular complexity index is 644. The second-order valence-electron chi connectivity index (χ2n) is 4.57. The number of rotatable bonds is 3. The van der Waals surface area contributed by atoms with Crippen molar-refractivity contribution >= 4 is 17.3 Å². The minimum atomic E-state index is -1.28. The lowest BCUT2D eigenvalue weighted by molar-refractivity contribution is 0.498. The summed E-state index contributed by atoms with van der Waals surface area (Å²) in [7, 11) is 0. The third-order valence-electron chi connectivity index (χ3n) is 2.54. The molecule has 2 rings (SSSR count). The highest BCUT2D eigenvalue weighted by Gasteiger charge is 2.13. The fraction of sp³-hybridized carbons (Fsp3) is 0.231. The second kappa shape index (κ2) is 5.36. The third-order valence-corrected chi connectivity index (χ3v) is 2.54. The van der Waals surface area contributed by atoms with Crippen LogP contribution >= 0.6 is 0 Å². The lowest BCUT2D eigenvalue weighted by Gasteiger charge is -2.11. The molecule has 0 spiro atoms. The molecule has 0 aliphatic rings. The molecule has 1 aromatic heterocycles. The highest BCUT2D eigenvalue weighted by atomic mass is 19.2. The fourth-order valence-electron chi connectivity index (χ4n) is 1.59. The summed E-state index contributed by atoms with van der Waals surface area (Å²) in [5.74, 6) is -2.54. The number of hydrogen-bond acceptors (Lipinski definition) is 4. The fourth-order valence-corrected chi connectivity index (χ4v) is 1.59. The minimum Gasteiger partial charge on any atom is -0.384 e. The molecule has 0 aliphatic heterocycles. The van der Waals surface area contributed by atoms with Crippen molar-refractivity contribution in [3.63, 3.8) is 0 Å². The van der Waals surface area contributed by atoms with Gasteiger partial charge in [0.05, 0.1) is 5.69 Å². The number of benzene rings is 1. The normalized spacial score (nSPS) is 10.9. The van der Waals surface area contributed by atoms with Crippen molar-refractivity contribution in [2.24, 2.45) is 0 Å². The van der Waals surface area contributed by atoms with Gasteiger partial charge in [-0.2, -0.15) is 0 Å². The van der Waals surface area contributed by atoms with E-state index in [1.807, 2.05) is 13.8 Å². The molecule has 1 heterocycles. The van der Waals surface area contributed by atoms with Crippen molar-refractivity contribution in [2.45, 2.75) is 19.8 Å². The van der Waals surface area contributed by atoms with Gasteiger partial charge in [-0.1, -0.05) is 13.8 Å². The van der Waals surface area contributed by atoms with Gasteiger partial charge in [-0.3, -0.25) is 0 Å². The molecule has 7 heteroatoms. The van der Waals surface area contributed by atoms with Crippen LogP contribution in [0.2, 0.25) is 0 Å². The standard InChI is InChI=1S/C13H13F3N4/c1-6(2)13-19-10(17)5-11(20-13)18-9-4-7(14)3-8(15)12(9)16/h3-6H,1-2H3,(H3,17,18,19,20). The quantitative estimate of drug-likeness (QED) is 0.847. The SMILES string of the molecule is CC(C)c1nc(N)cc(Nc2cc(F)cc(F)c2F)n1. The van der Waals surface area contributed by atoms with Crippen molar-refractivity contribution in [3.05, 3.63) is 41.5 Å². The van der Waals surface area contributed by atoms with Crippen LogP contribution in [-0.4, -0.2) is 9.97 Å². The summed E-state index contributed by atoms with van der Waals surface area (Å²) in [6, 6.07) is 2.66. The molecule has 3 N–H and O–H groups in total. The van der Waals surface area contributed by atoms with Crippen molar-refractivity contribution in [3.8, 4) is 0 Å². The second-order valence-corrected chi connectivity index (χ2v) is 4.57. The largest absolute Gasteiger partial charge is 0.384 e. The van der Waals surface area contributed by atoms with Crippen molar-refractivity contribution in [1.82, 2.24) is 9.97 Å². The number of nitrogens with one attached hydrogen (secondary N) is 1. The van der Waals surface area contributed by atoms with Gasteiger partial charge in [0, 0.05) is 24.1 Å². The number of nitrogen functional groups attached to an aromatic ring is 1. The molecular weight excluding hydrogens is 269 g/mol. The number of halogens is 3. The zero-order valence-electron chi connectivity index (χ0n) is 10.9. The number of anilines is 3. The predicted octanol–water partition coefficient (Wildman–Crippen LogP) is 3.34. The Morgan fingerprint density at radius 2 is 1.80 bits per heavy atom. The lowest BCUT2D eigenvalue weighted by Crippen LogP contribution is -2.06. The molecule has 4 nitrogen and oxygen atoms in total. The van der Waals surface area contributed by atoms with E-state index < -0.39 is 17.5 Å². The van der Waals surface area contributed by atoms with Crippen LogP contribution in [0.3, 0.4) is 0 Å². The van der Waals surface area contributed by atoms with E-state index in [0.717, 1.165) is 6.07 Å². The Morgan fingerprint density at radius 1 is 1.10 bits per heavy atom. The van der Waals surface area contributed by atoms with Gasteiger partial charge in [-0.15, -0.1) is 0 Å². The Labute approximate surface area is 113 Å². The summed E-state index contributed by atoms with van der Waals surface area (Å²) in [4.78, 5) is 8.13. The lowest BCUT2D eigenvalue weighted by atomic mass is 10.2. The zero-order chi connectivity index (χ0) is 14.9. The number of hydrogen-bond donors (Lipinski definition) is 2. The maximum atomic E-state index is 13.5. The van der Waals surface area contributed by atoms with Crippen LogP contribution in [0, 0.1) is 17.5 Å². The highest BCUT2D eigenvalue weighted by Crippen LogP contribution is 2.24. The summed E-state index contributed by atoms with van der Waals surface area (Å²) in [5, 5.41) is 2.50. The molecular formula is C13H13F3N4. The van der Waals surface area contributed by atoms with Crippen LogP contribution in [0.4, 0.5) is 30.5 Å². The van der Waals surface area contributed by atoms with Gasteiger partial charge in [0.1, 0.15) is 23.3 Å². The van der Waals surface area contributed by atoms with Crippen LogP contribution in [-0.2, 0) is 0 Å². The third kappa shape index (κ3) is 2.98. The smallest absolute Gasteiger partial charge is 0.182 e. The van der Waals surface area contributed by atoms with E-state index in [1.165, 1.54) is 6.07 Å². The van der Waals surface area contributed by atoms with E-state index in [-0.39, 0.29) is 23.2 Å². The Kier molecular flexibility index (Phi) is 3.78. The Balaban J connectivity index is 2.40. The summed E-state index contributed by atoms with van der Waals surface area (Å²) in [6.45, 7) is 3.72. The van der Waals surface area contributed by atoms with E-state index in [1.54, 1.807) is 0 Å². The van der Waals surface area contributed by atoms with Crippen LogP contribution < -0.4 is 11.1 Å². The van der Waals surface area contributed by atoms with Gasteiger partial charge < -0.3 is 11.1 Å². The molecule has 0 radical (unpaired) electrons. The minimum absolute atomic E-state index is 0.00754. The topological polar surface area (TPSA) is 63.8 Å². The van der Waals surface area contributed by atoms with Gasteiger partial charge in [-0.05, 0) is 0 Å². The molecule has 106 valence electrons. The molecule has 0 bridgehead atoms. The monoisotopic (exact) mass is 282 g/mol. The number of aromatic nitrogens is 2. The first kappa shape index (κ1) is 14.1. The van der Waals surface area contributed by atoms with Crippen molar-refractivity contribution < 1.29 is 13.2 Å². The van der Waals surface area contributed by atoms with Gasteiger partial charge in [0.2, 0.25) is 0 Å². The number of nitrogens with zero attached hydrogens (tertiary/aromatic N) is 2. The summed E-state index contributed by atoms with van der Waals surface area (Å²) in [5.41, 5.74) is 5.26. The van der Waals surface area contributed by atoms with Gasteiger partial charge >= 0.3 is 0 Å². The highest BCUT2D eigenvalue weighted by molar-refractivity contribution is 5.59. The van der Waals surface area contributed by atoms with Crippen molar-refractivity contribution in [1.29, 1.82) is 0 Å². The van der Waals surface area contributed by atoms with Crippen LogP contribution in [0.25, 0.3) is 0 Å². The molecule has 0 aliphatic carbocycles. The summed E-state index contributed by atoms with van der Waals surface area (Å²) >= 11 is 0. The number of nitrogens with two attached hydrogens (primary N) is 1. The van der Waals surface area contributed by atoms with Gasteiger partial charge in [-0.25, -0.2) is 23.1 Å². The molecule has 0 fully saturated rings. The van der Waals surface area contributed by atoms with Crippen LogP contribution in [0.5, 0.6) is 0 Å². The summed E-state index contributed by atoms with van der Waals surface area (Å²) in [6.07, 6.45) is 0. The first-order valence-electron chi connectivity index (χ1n) is 5.93. The zero-order valence-corrected chi connectivity index (χ0v) is 10.9. The van der Waals surface area contributed by atoms with Crippen LogP contribution in [0.1, 0.15) is 25.6 Å². The molecule has 0 atom stereocenters. The van der Waals surface area contributed by atoms with E-state index >= 15 is 0 Å². The first-order valence-corrected chi connectivity index (χ1v) is 5.93. The molecule has 1 aromatic carbocycles. The van der Waals surface area contributed by atoms with E-state index in [0.29, 0.717) is 11.9 Å². The van der Waals surface area contributed by atoms with E-state index in [9.17, 15) is 13.2 Å². The van der Waals surface area contributed by atoms with Crippen molar-refractivity contribution in [2.75, 3.05) is 11.1 Å². The van der Waals surface area contributed by atoms with E-state index in [4.69, 9.17) is 5.73 Å².